The smallest absolute Gasteiger partial charge is 0.460 e. The van der Waals surface area contributed by atoms with Gasteiger partial charge in [0.05, 0.1) is 0 Å². The van der Waals surface area contributed by atoms with E-state index in [-0.39, 0.29) is 24.8 Å². The van der Waals surface area contributed by atoms with Crippen molar-refractivity contribution < 1.29 is 80.7 Å². The lowest BCUT2D eigenvalue weighted by Gasteiger charge is -2.33. The van der Waals surface area contributed by atoms with Gasteiger partial charge in [0.15, 0.2) is 0 Å². The fourth-order valence-corrected chi connectivity index (χ4v) is 6.39. The second-order valence-corrected chi connectivity index (χ2v) is 16.9. The second-order valence-electron chi connectivity index (χ2n) is 12.5. The Labute approximate surface area is 279 Å². The van der Waals surface area contributed by atoms with Crippen molar-refractivity contribution >= 4 is 39.4 Å². The molecule has 282 valence electrons. The van der Waals surface area contributed by atoms with E-state index >= 15 is 0 Å². The van der Waals surface area contributed by atoms with Crippen LogP contribution in [0, 0.1) is 11.8 Å². The zero-order valence-corrected chi connectivity index (χ0v) is 30.2. The van der Waals surface area contributed by atoms with E-state index in [1.807, 2.05) is 0 Å². The van der Waals surface area contributed by atoms with Crippen molar-refractivity contribution in [1.82, 2.24) is 0 Å². The quantitative estimate of drug-likeness (QED) is 0.0421. The zero-order chi connectivity index (χ0) is 37.7. The van der Waals surface area contributed by atoms with E-state index in [1.165, 1.54) is 27.7 Å². The van der Waals surface area contributed by atoms with Gasteiger partial charge in [0.1, 0.15) is 36.5 Å². The van der Waals surface area contributed by atoms with Gasteiger partial charge in [-0.15, -0.1) is 0 Å². The SMILES string of the molecule is CC(C)[C@H](N)C(=O)OCC(C)(C)OC(=O)OCOP(=O)(O)C(O)(CCCN)P(=O)(O)OCOC(=O)OC(C)(C)COC(=O)[C@@H](N)C(C)C. The largest absolute Gasteiger partial charge is 0.511 e. The Morgan fingerprint density at radius 3 is 1.31 bits per heavy atom. The third-order valence-electron chi connectivity index (χ3n) is 6.25. The predicted molar refractivity (Wildman–Crippen MR) is 166 cm³/mol. The lowest BCUT2D eigenvalue weighted by atomic mass is 10.1. The molecule has 0 amide bonds. The van der Waals surface area contributed by atoms with Crippen LogP contribution in [0.25, 0.3) is 0 Å². The van der Waals surface area contributed by atoms with E-state index in [2.05, 4.69) is 18.5 Å². The third kappa shape index (κ3) is 15.0. The molecular formula is C26H51N3O17P2. The number of hydrogen-bond acceptors (Lipinski definition) is 18. The van der Waals surface area contributed by atoms with Crippen LogP contribution < -0.4 is 17.2 Å². The molecule has 0 spiro atoms. The van der Waals surface area contributed by atoms with Crippen LogP contribution in [0.5, 0.6) is 0 Å². The minimum absolute atomic E-state index is 0.221. The van der Waals surface area contributed by atoms with E-state index < -0.39 is 101 Å². The maximum absolute atomic E-state index is 13.0. The Morgan fingerprint density at radius 1 is 0.688 bits per heavy atom. The summed E-state index contributed by atoms with van der Waals surface area (Å²) in [7, 11) is -11.3. The molecule has 0 aliphatic rings. The van der Waals surface area contributed by atoms with E-state index in [0.717, 1.165) is 0 Å². The Morgan fingerprint density at radius 2 is 1.02 bits per heavy atom. The molecule has 20 nitrogen and oxygen atoms in total. The molecule has 0 radical (unpaired) electrons. The number of ether oxygens (including phenoxy) is 6. The molecular weight excluding hydrogens is 688 g/mol. The van der Waals surface area contributed by atoms with Crippen molar-refractivity contribution in [3.05, 3.63) is 0 Å². The third-order valence-corrected chi connectivity index (χ3v) is 10.9. The van der Waals surface area contributed by atoms with Gasteiger partial charge in [-0.3, -0.25) is 27.8 Å². The van der Waals surface area contributed by atoms with Crippen LogP contribution in [0.4, 0.5) is 9.59 Å². The first-order chi connectivity index (χ1) is 21.7. The van der Waals surface area contributed by atoms with Gasteiger partial charge in [-0.1, -0.05) is 27.7 Å². The van der Waals surface area contributed by atoms with E-state index in [9.17, 15) is 43.2 Å². The zero-order valence-electron chi connectivity index (χ0n) is 28.4. The molecule has 48 heavy (non-hydrogen) atoms. The molecule has 0 fully saturated rings. The summed E-state index contributed by atoms with van der Waals surface area (Å²) in [5, 5.41) is 7.37. The molecule has 0 aliphatic carbocycles. The summed E-state index contributed by atoms with van der Waals surface area (Å²) < 4.78 is 64.4. The molecule has 0 aromatic carbocycles. The molecule has 9 N–H and O–H groups in total. The van der Waals surface area contributed by atoms with Crippen molar-refractivity contribution in [3.8, 4) is 0 Å². The van der Waals surface area contributed by atoms with Gasteiger partial charge >= 0.3 is 39.4 Å². The van der Waals surface area contributed by atoms with Crippen molar-refractivity contribution in [2.75, 3.05) is 33.3 Å². The van der Waals surface area contributed by atoms with Gasteiger partial charge in [-0.05, 0) is 52.5 Å². The highest BCUT2D eigenvalue weighted by atomic mass is 31.2. The number of esters is 2. The fraction of sp³-hybridized carbons (Fsp3) is 0.846. The lowest BCUT2D eigenvalue weighted by molar-refractivity contribution is -0.154. The van der Waals surface area contributed by atoms with E-state index in [0.29, 0.717) is 0 Å². The van der Waals surface area contributed by atoms with Gasteiger partial charge < -0.3 is 60.5 Å². The maximum Gasteiger partial charge on any atom is 0.511 e. The minimum Gasteiger partial charge on any atom is -0.460 e. The molecule has 4 atom stereocenters. The highest BCUT2D eigenvalue weighted by Crippen LogP contribution is 2.73. The molecule has 0 aromatic heterocycles. The highest BCUT2D eigenvalue weighted by Gasteiger charge is 2.62. The van der Waals surface area contributed by atoms with Crippen molar-refractivity contribution in [1.29, 1.82) is 0 Å². The first-order valence-corrected chi connectivity index (χ1v) is 17.8. The lowest BCUT2D eigenvalue weighted by Crippen LogP contribution is -2.41. The van der Waals surface area contributed by atoms with Crippen LogP contribution in [-0.2, 0) is 56.2 Å². The first kappa shape index (κ1) is 45.6. The molecule has 0 aromatic rings. The van der Waals surface area contributed by atoms with Gasteiger partial charge in [0, 0.05) is 6.42 Å². The van der Waals surface area contributed by atoms with E-state index in [4.69, 9.17) is 36.1 Å². The van der Waals surface area contributed by atoms with Crippen LogP contribution >= 0.6 is 15.2 Å². The van der Waals surface area contributed by atoms with Crippen LogP contribution in [0.3, 0.4) is 0 Å². The Bertz CT molecular complexity index is 1100. The monoisotopic (exact) mass is 739 g/mol. The van der Waals surface area contributed by atoms with Crippen molar-refractivity contribution in [2.24, 2.45) is 29.0 Å². The minimum atomic E-state index is -5.64. The maximum atomic E-state index is 13.0. The number of nitrogens with two attached hydrogens (primary N) is 3. The summed E-state index contributed by atoms with van der Waals surface area (Å²) in [5.41, 5.74) is 13.9. The first-order valence-electron chi connectivity index (χ1n) is 14.7. The topological polar surface area (TPSA) is 315 Å². The summed E-state index contributed by atoms with van der Waals surface area (Å²) in [5.74, 6) is -1.93. The Hall–Kier alpha value is -2.38. The summed E-state index contributed by atoms with van der Waals surface area (Å²) in [6.07, 6.45) is -4.17. The summed E-state index contributed by atoms with van der Waals surface area (Å²) in [6.45, 7) is 8.38. The number of hydrogen-bond donors (Lipinski definition) is 6. The number of rotatable bonds is 21. The average Bonchev–Trinajstić information content (AvgIpc) is 2.95. The molecule has 2 unspecified atom stereocenters. The molecule has 0 saturated carbocycles. The van der Waals surface area contributed by atoms with Gasteiger partial charge in [0.2, 0.25) is 13.6 Å². The summed E-state index contributed by atoms with van der Waals surface area (Å²) in [4.78, 5) is 69.1. The van der Waals surface area contributed by atoms with Crippen LogP contribution in [0.15, 0.2) is 0 Å². The molecule has 0 saturated heterocycles. The normalized spacial score (nSPS) is 17.2. The highest BCUT2D eigenvalue weighted by molar-refractivity contribution is 7.72. The van der Waals surface area contributed by atoms with Crippen molar-refractivity contribution in [3.63, 3.8) is 0 Å². The molecule has 0 aliphatic heterocycles. The van der Waals surface area contributed by atoms with Gasteiger partial charge in [-0.25, -0.2) is 9.59 Å². The Kier molecular flexibility index (Phi) is 18.2. The molecule has 0 rings (SSSR count). The molecule has 22 heteroatoms. The number of aliphatic hydroxyl groups is 1. The fourth-order valence-electron chi connectivity index (χ4n) is 3.08. The molecule has 0 bridgehead atoms. The van der Waals surface area contributed by atoms with Gasteiger partial charge in [-0.2, -0.15) is 0 Å². The Balaban J connectivity index is 5.26. The van der Waals surface area contributed by atoms with Crippen molar-refractivity contribution in [2.45, 2.75) is 96.6 Å². The van der Waals surface area contributed by atoms with Gasteiger partial charge in [0.25, 0.3) is 5.08 Å². The summed E-state index contributed by atoms with van der Waals surface area (Å²) >= 11 is 0. The number of carbonyl (C=O) groups excluding carboxylic acids is 4. The molecule has 0 heterocycles. The van der Waals surface area contributed by atoms with Crippen LogP contribution in [-0.4, -0.2) is 101 Å². The predicted octanol–water partition coefficient (Wildman–Crippen LogP) is 1.61. The second kappa shape index (κ2) is 19.1. The van der Waals surface area contributed by atoms with E-state index in [1.54, 1.807) is 27.7 Å². The standard InChI is InChI=1S/C26H51N3O17P2/c1-16(2)18(28)20(30)39-12-24(5,6)45-22(32)41-14-43-47(35,36)26(34,10-9-11-27)48(37,38)44-15-42-23(33)46-25(7,8)13-40-21(31)19(29)17(3)4/h16-19,34H,9-15,27-29H2,1-8H3,(H,35,36)(H,37,38)/t18-,19-/m0/s1. The summed E-state index contributed by atoms with van der Waals surface area (Å²) in [6, 6.07) is -1.84. The average molecular weight is 740 g/mol. The van der Waals surface area contributed by atoms with Crippen LogP contribution in [0.2, 0.25) is 0 Å². The number of carbonyl (C=O) groups is 4. The van der Waals surface area contributed by atoms with Crippen LogP contribution in [0.1, 0.15) is 68.2 Å².